The molecule has 2 heterocycles. The smallest absolute Gasteiger partial charge is 0.249 e. The van der Waals surface area contributed by atoms with E-state index in [1.807, 2.05) is 6.07 Å². The van der Waals surface area contributed by atoms with Crippen molar-refractivity contribution in [3.05, 3.63) is 65.3 Å². The molecule has 32 heavy (non-hydrogen) atoms. The first kappa shape index (κ1) is 20.4. The predicted octanol–water partition coefficient (Wildman–Crippen LogP) is 3.59. The van der Waals surface area contributed by atoms with E-state index >= 15 is 0 Å². The molecule has 1 N–H and O–H groups in total. The second-order valence-corrected chi connectivity index (χ2v) is 8.41. The van der Waals surface area contributed by atoms with Gasteiger partial charge in [-0.3, -0.25) is 9.59 Å². The number of fused-ring (bicyclic) bond motifs is 1. The molecule has 1 fully saturated rings. The number of amides is 2. The fraction of sp³-hybridized carbons (Fsp3) is 0.333. The molecule has 2 atom stereocenters. The minimum atomic E-state index is -0.520. The molecule has 1 aliphatic heterocycles. The van der Waals surface area contributed by atoms with Crippen LogP contribution in [0.3, 0.4) is 0 Å². The van der Waals surface area contributed by atoms with Crippen LogP contribution < -0.4 is 10.2 Å². The van der Waals surface area contributed by atoms with E-state index in [0.29, 0.717) is 17.9 Å². The van der Waals surface area contributed by atoms with Crippen molar-refractivity contribution in [3.63, 3.8) is 0 Å². The number of hydrogen-bond acceptors (Lipinski definition) is 5. The number of halogens is 1. The van der Waals surface area contributed by atoms with E-state index in [1.54, 1.807) is 24.0 Å². The Morgan fingerprint density at radius 3 is 2.78 bits per heavy atom. The third-order valence-electron chi connectivity index (χ3n) is 6.16. The largest absolute Gasteiger partial charge is 0.344 e. The Balaban J connectivity index is 1.23. The zero-order valence-corrected chi connectivity index (χ0v) is 17.7. The van der Waals surface area contributed by atoms with Gasteiger partial charge in [0, 0.05) is 24.2 Å². The first-order valence-corrected chi connectivity index (χ1v) is 10.8. The predicted molar refractivity (Wildman–Crippen MR) is 115 cm³/mol. The van der Waals surface area contributed by atoms with E-state index in [2.05, 4.69) is 27.6 Å². The van der Waals surface area contributed by atoms with Crippen LogP contribution in [0, 0.1) is 11.7 Å². The Bertz CT molecular complexity index is 1170. The maximum Gasteiger partial charge on any atom is 0.249 e. The number of nitrogens with one attached hydrogen (secondary N) is 1. The summed E-state index contributed by atoms with van der Waals surface area (Å²) in [6.07, 6.45) is 3.44. The van der Waals surface area contributed by atoms with E-state index in [1.165, 1.54) is 23.3 Å². The van der Waals surface area contributed by atoms with E-state index < -0.39 is 12.0 Å². The van der Waals surface area contributed by atoms with Crippen LogP contribution in [0.5, 0.6) is 0 Å². The summed E-state index contributed by atoms with van der Waals surface area (Å²) in [5.41, 5.74) is 4.12. The normalized spacial score (nSPS) is 18.6. The zero-order valence-electron chi connectivity index (χ0n) is 17.7. The average Bonchev–Trinajstić information content (AvgIpc) is 3.53. The maximum atomic E-state index is 13.1. The number of benzene rings is 2. The molecule has 2 aliphatic rings. The summed E-state index contributed by atoms with van der Waals surface area (Å²) in [7, 11) is 0. The summed E-state index contributed by atoms with van der Waals surface area (Å²) >= 11 is 0. The van der Waals surface area contributed by atoms with Crippen molar-refractivity contribution in [2.45, 2.75) is 38.6 Å². The van der Waals surface area contributed by atoms with Crippen LogP contribution in [0.2, 0.25) is 0 Å². The monoisotopic (exact) mass is 434 g/mol. The number of carbonyl (C=O) groups is 2. The molecule has 2 unspecified atom stereocenters. The fourth-order valence-electron chi connectivity index (χ4n) is 4.38. The molecule has 164 valence electrons. The minimum Gasteiger partial charge on any atom is -0.344 e. The van der Waals surface area contributed by atoms with Crippen molar-refractivity contribution in [1.29, 1.82) is 0 Å². The van der Waals surface area contributed by atoms with Crippen molar-refractivity contribution < 1.29 is 18.5 Å². The summed E-state index contributed by atoms with van der Waals surface area (Å²) in [5.74, 6) is -0.503. The number of carbonyl (C=O) groups excluding carboxylic acids is 2. The van der Waals surface area contributed by atoms with Gasteiger partial charge in [0.05, 0.1) is 5.92 Å². The lowest BCUT2D eigenvalue weighted by molar-refractivity contribution is -0.127. The molecule has 5 rings (SSSR count). The highest BCUT2D eigenvalue weighted by Gasteiger charge is 2.36. The summed E-state index contributed by atoms with van der Waals surface area (Å²) in [6.45, 7) is 2.09. The third kappa shape index (κ3) is 3.88. The van der Waals surface area contributed by atoms with Gasteiger partial charge in [-0.15, -0.1) is 0 Å². The van der Waals surface area contributed by atoms with Crippen LogP contribution in [0.25, 0.3) is 11.4 Å². The molecule has 1 aliphatic carbocycles. The molecular weight excluding hydrogens is 411 g/mol. The molecule has 7 nitrogen and oxygen atoms in total. The van der Waals surface area contributed by atoms with Crippen LogP contribution in [0.15, 0.2) is 47.0 Å². The highest BCUT2D eigenvalue weighted by Crippen LogP contribution is 2.31. The molecular formula is C24H23FN4O3. The lowest BCUT2D eigenvalue weighted by Gasteiger charge is -2.18. The number of aromatic nitrogens is 2. The topological polar surface area (TPSA) is 88.3 Å². The summed E-state index contributed by atoms with van der Waals surface area (Å²) in [5, 5.41) is 6.78. The maximum absolute atomic E-state index is 13.1. The van der Waals surface area contributed by atoms with Crippen LogP contribution in [-0.2, 0) is 22.4 Å². The van der Waals surface area contributed by atoms with Crippen molar-refractivity contribution >= 4 is 17.5 Å². The highest BCUT2D eigenvalue weighted by atomic mass is 19.1. The molecule has 1 saturated heterocycles. The van der Waals surface area contributed by atoms with Gasteiger partial charge in [0.1, 0.15) is 11.9 Å². The van der Waals surface area contributed by atoms with Gasteiger partial charge in [0.2, 0.25) is 23.5 Å². The lowest BCUT2D eigenvalue weighted by atomic mass is 10.1. The first-order chi connectivity index (χ1) is 15.5. The molecule has 8 heteroatoms. The van der Waals surface area contributed by atoms with Gasteiger partial charge < -0.3 is 14.7 Å². The second-order valence-electron chi connectivity index (χ2n) is 8.41. The zero-order chi connectivity index (χ0) is 22.2. The number of rotatable bonds is 5. The Morgan fingerprint density at radius 1 is 1.19 bits per heavy atom. The van der Waals surface area contributed by atoms with E-state index in [9.17, 15) is 14.0 Å². The Morgan fingerprint density at radius 2 is 1.97 bits per heavy atom. The van der Waals surface area contributed by atoms with Crippen molar-refractivity contribution in [3.8, 4) is 11.4 Å². The van der Waals surface area contributed by atoms with Crippen molar-refractivity contribution in [2.75, 3.05) is 11.4 Å². The Kier molecular flexibility index (Phi) is 5.20. The van der Waals surface area contributed by atoms with Gasteiger partial charge in [-0.1, -0.05) is 11.2 Å². The fourth-order valence-corrected chi connectivity index (χ4v) is 4.38. The molecule has 1 aromatic heterocycles. The van der Waals surface area contributed by atoms with Crippen LogP contribution >= 0.6 is 0 Å². The molecule has 0 radical (unpaired) electrons. The number of nitrogens with zero attached hydrogens (tertiary/aromatic N) is 3. The lowest BCUT2D eigenvalue weighted by Crippen LogP contribution is -2.34. The van der Waals surface area contributed by atoms with Gasteiger partial charge in [-0.2, -0.15) is 4.98 Å². The molecule has 2 aromatic carbocycles. The van der Waals surface area contributed by atoms with Crippen molar-refractivity contribution in [2.24, 2.45) is 5.92 Å². The van der Waals surface area contributed by atoms with Gasteiger partial charge in [-0.25, -0.2) is 4.39 Å². The van der Waals surface area contributed by atoms with Gasteiger partial charge in [0.25, 0.3) is 0 Å². The standard InChI is InChI=1S/C24H23FN4O3/c1-14(24-27-22(28-32-24)16-5-8-19(25)9-6-16)26-23(31)18-12-21(30)29(13-18)20-10-7-15-3-2-4-17(15)11-20/h5-11,14,18H,2-4,12-13H2,1H3,(H,26,31). The number of aryl methyl sites for hydroxylation is 2. The summed E-state index contributed by atoms with van der Waals surface area (Å²) in [4.78, 5) is 31.4. The summed E-state index contributed by atoms with van der Waals surface area (Å²) < 4.78 is 18.4. The van der Waals surface area contributed by atoms with Gasteiger partial charge in [0.15, 0.2) is 0 Å². The van der Waals surface area contributed by atoms with Crippen molar-refractivity contribution in [1.82, 2.24) is 15.5 Å². The molecule has 0 saturated carbocycles. The SMILES string of the molecule is CC(NC(=O)C1CC(=O)N(c2ccc3c(c2)CCC3)C1)c1nc(-c2ccc(F)cc2)no1. The number of hydrogen-bond donors (Lipinski definition) is 1. The quantitative estimate of drug-likeness (QED) is 0.663. The summed E-state index contributed by atoms with van der Waals surface area (Å²) in [6, 6.07) is 11.4. The molecule has 2 amide bonds. The highest BCUT2D eigenvalue weighted by molar-refractivity contribution is 6.00. The minimum absolute atomic E-state index is 0.0489. The van der Waals surface area contributed by atoms with E-state index in [-0.39, 0.29) is 29.9 Å². The van der Waals surface area contributed by atoms with Crippen LogP contribution in [-0.4, -0.2) is 28.5 Å². The third-order valence-corrected chi connectivity index (χ3v) is 6.16. The number of anilines is 1. The van der Waals surface area contributed by atoms with Gasteiger partial charge in [-0.05, 0) is 73.7 Å². The van der Waals surface area contributed by atoms with E-state index in [0.717, 1.165) is 24.9 Å². The first-order valence-electron chi connectivity index (χ1n) is 10.8. The Labute approximate surface area is 184 Å². The second kappa shape index (κ2) is 8.18. The van der Waals surface area contributed by atoms with Crippen LogP contribution in [0.1, 0.15) is 42.8 Å². The average molecular weight is 434 g/mol. The molecule has 0 bridgehead atoms. The van der Waals surface area contributed by atoms with E-state index in [4.69, 9.17) is 4.52 Å². The van der Waals surface area contributed by atoms with Crippen LogP contribution in [0.4, 0.5) is 10.1 Å². The van der Waals surface area contributed by atoms with Gasteiger partial charge >= 0.3 is 0 Å². The Hall–Kier alpha value is -3.55. The molecule has 0 spiro atoms. The molecule has 3 aromatic rings.